The lowest BCUT2D eigenvalue weighted by Gasteiger charge is -2.28. The van der Waals surface area contributed by atoms with Crippen LogP contribution in [0.25, 0.3) is 6.08 Å². The van der Waals surface area contributed by atoms with Crippen LogP contribution in [0.2, 0.25) is 0 Å². The van der Waals surface area contributed by atoms with E-state index in [1.807, 2.05) is 55.5 Å². The molecule has 1 saturated heterocycles. The second kappa shape index (κ2) is 9.89. The average Bonchev–Trinajstić information content (AvgIpc) is 2.74. The number of hydrogen-bond donors (Lipinski definition) is 1. The van der Waals surface area contributed by atoms with Gasteiger partial charge in [-0.05, 0) is 49.8 Å². The van der Waals surface area contributed by atoms with E-state index in [9.17, 15) is 9.59 Å². The summed E-state index contributed by atoms with van der Waals surface area (Å²) in [4.78, 5) is 26.5. The predicted octanol–water partition coefficient (Wildman–Crippen LogP) is 3.42. The van der Waals surface area contributed by atoms with Gasteiger partial charge in [-0.15, -0.1) is 0 Å². The zero-order valence-corrected chi connectivity index (χ0v) is 16.8. The quantitative estimate of drug-likeness (QED) is 0.601. The smallest absolute Gasteiger partial charge is 0.331 e. The van der Waals surface area contributed by atoms with Gasteiger partial charge in [-0.2, -0.15) is 0 Å². The van der Waals surface area contributed by atoms with Crippen molar-refractivity contribution in [2.45, 2.75) is 20.0 Å². The first kappa shape index (κ1) is 20.6. The van der Waals surface area contributed by atoms with Gasteiger partial charge in [-0.3, -0.25) is 4.79 Å². The standard InChI is InChI=1S/C23H26N2O4/c1-17-3-5-19(6-4-17)7-12-22(26)29-18(2)23(27)24-20-8-10-21(11-9-20)25-13-15-28-16-14-25/h3-12,18H,13-16H2,1-2H3,(H,24,27)/b12-7+. The van der Waals surface area contributed by atoms with Crippen LogP contribution >= 0.6 is 0 Å². The van der Waals surface area contributed by atoms with Crippen molar-refractivity contribution in [3.63, 3.8) is 0 Å². The summed E-state index contributed by atoms with van der Waals surface area (Å²) in [5.41, 5.74) is 3.79. The summed E-state index contributed by atoms with van der Waals surface area (Å²) in [6.45, 7) is 6.70. The molecule has 29 heavy (non-hydrogen) atoms. The lowest BCUT2D eigenvalue weighted by Crippen LogP contribution is -2.36. The second-order valence-electron chi connectivity index (χ2n) is 6.96. The number of rotatable bonds is 6. The van der Waals surface area contributed by atoms with Gasteiger partial charge in [-0.1, -0.05) is 29.8 Å². The number of benzene rings is 2. The molecule has 0 spiro atoms. The highest BCUT2D eigenvalue weighted by Crippen LogP contribution is 2.19. The molecule has 6 nitrogen and oxygen atoms in total. The Bertz CT molecular complexity index is 853. The summed E-state index contributed by atoms with van der Waals surface area (Å²) in [6.07, 6.45) is 2.09. The highest BCUT2D eigenvalue weighted by atomic mass is 16.5. The number of carbonyl (C=O) groups is 2. The molecule has 0 saturated carbocycles. The molecule has 2 aromatic rings. The van der Waals surface area contributed by atoms with Gasteiger partial charge in [-0.25, -0.2) is 4.79 Å². The molecule has 1 N–H and O–H groups in total. The number of nitrogens with zero attached hydrogens (tertiary/aromatic N) is 1. The van der Waals surface area contributed by atoms with Crippen LogP contribution in [0.4, 0.5) is 11.4 Å². The summed E-state index contributed by atoms with van der Waals surface area (Å²) in [5, 5.41) is 2.77. The highest BCUT2D eigenvalue weighted by molar-refractivity contribution is 5.96. The van der Waals surface area contributed by atoms with Crippen LogP contribution < -0.4 is 10.2 Å². The van der Waals surface area contributed by atoms with Crippen molar-refractivity contribution in [3.8, 4) is 0 Å². The highest BCUT2D eigenvalue weighted by Gasteiger charge is 2.17. The van der Waals surface area contributed by atoms with Gasteiger partial charge in [0.25, 0.3) is 5.91 Å². The number of ether oxygens (including phenoxy) is 2. The van der Waals surface area contributed by atoms with Gasteiger partial charge in [0, 0.05) is 30.5 Å². The van der Waals surface area contributed by atoms with Crippen molar-refractivity contribution in [1.82, 2.24) is 0 Å². The minimum Gasteiger partial charge on any atom is -0.449 e. The van der Waals surface area contributed by atoms with Crippen molar-refractivity contribution in [2.24, 2.45) is 0 Å². The third-order valence-electron chi connectivity index (χ3n) is 4.66. The van der Waals surface area contributed by atoms with Crippen LogP contribution in [0.3, 0.4) is 0 Å². The van der Waals surface area contributed by atoms with Crippen LogP contribution in [0.15, 0.2) is 54.6 Å². The molecule has 1 amide bonds. The minimum atomic E-state index is -0.899. The predicted molar refractivity (Wildman–Crippen MR) is 114 cm³/mol. The Morgan fingerprint density at radius 2 is 1.72 bits per heavy atom. The maximum atomic E-state index is 12.3. The second-order valence-corrected chi connectivity index (χ2v) is 6.96. The molecule has 1 aliphatic heterocycles. The van der Waals surface area contributed by atoms with Crippen LogP contribution in [-0.4, -0.2) is 44.3 Å². The molecule has 3 rings (SSSR count). The Kier molecular flexibility index (Phi) is 7.03. The largest absolute Gasteiger partial charge is 0.449 e. The minimum absolute atomic E-state index is 0.374. The van der Waals surface area contributed by atoms with Gasteiger partial charge in [0.1, 0.15) is 0 Å². The Labute approximate surface area is 171 Å². The topological polar surface area (TPSA) is 67.9 Å². The number of amides is 1. The summed E-state index contributed by atoms with van der Waals surface area (Å²) < 4.78 is 10.5. The fraction of sp³-hybridized carbons (Fsp3) is 0.304. The van der Waals surface area contributed by atoms with E-state index in [1.54, 1.807) is 13.0 Å². The van der Waals surface area contributed by atoms with Crippen molar-refractivity contribution >= 4 is 29.3 Å². The first-order valence-corrected chi connectivity index (χ1v) is 9.70. The fourth-order valence-corrected chi connectivity index (χ4v) is 2.93. The first-order chi connectivity index (χ1) is 14.0. The van der Waals surface area contributed by atoms with Gasteiger partial charge >= 0.3 is 5.97 Å². The van der Waals surface area contributed by atoms with E-state index in [1.165, 1.54) is 6.08 Å². The Hall–Kier alpha value is -3.12. The maximum Gasteiger partial charge on any atom is 0.331 e. The van der Waals surface area contributed by atoms with Crippen molar-refractivity contribution in [1.29, 1.82) is 0 Å². The normalized spacial score (nSPS) is 15.2. The number of hydrogen-bond acceptors (Lipinski definition) is 5. The zero-order valence-electron chi connectivity index (χ0n) is 16.8. The third kappa shape index (κ3) is 6.19. The molecule has 1 heterocycles. The van der Waals surface area contributed by atoms with E-state index < -0.39 is 12.1 Å². The number of aryl methyl sites for hydroxylation is 1. The van der Waals surface area contributed by atoms with Gasteiger partial charge in [0.2, 0.25) is 0 Å². The summed E-state index contributed by atoms with van der Waals surface area (Å²) in [6, 6.07) is 15.4. The molecular weight excluding hydrogens is 368 g/mol. The molecule has 152 valence electrons. The van der Waals surface area contributed by atoms with Crippen molar-refractivity contribution in [2.75, 3.05) is 36.5 Å². The fourth-order valence-electron chi connectivity index (χ4n) is 2.93. The monoisotopic (exact) mass is 394 g/mol. The Morgan fingerprint density at radius 1 is 1.07 bits per heavy atom. The molecule has 1 unspecified atom stereocenters. The molecule has 1 fully saturated rings. The van der Waals surface area contributed by atoms with E-state index in [0.29, 0.717) is 5.69 Å². The summed E-state index contributed by atoms with van der Waals surface area (Å²) in [5.74, 6) is -0.933. The van der Waals surface area contributed by atoms with Crippen LogP contribution in [0.5, 0.6) is 0 Å². The van der Waals surface area contributed by atoms with E-state index in [4.69, 9.17) is 9.47 Å². The number of anilines is 2. The SMILES string of the molecule is Cc1ccc(/C=C/C(=O)OC(C)C(=O)Nc2ccc(N3CCOCC3)cc2)cc1. The number of morpholine rings is 1. The van der Waals surface area contributed by atoms with E-state index in [-0.39, 0.29) is 5.91 Å². The van der Waals surface area contributed by atoms with Crippen molar-refractivity contribution < 1.29 is 19.1 Å². The number of esters is 1. The molecular formula is C23H26N2O4. The molecule has 2 aromatic carbocycles. The maximum absolute atomic E-state index is 12.3. The van der Waals surface area contributed by atoms with E-state index in [2.05, 4.69) is 10.2 Å². The lowest BCUT2D eigenvalue weighted by molar-refractivity contribution is -0.148. The van der Waals surface area contributed by atoms with E-state index in [0.717, 1.165) is 43.1 Å². The van der Waals surface area contributed by atoms with Crippen molar-refractivity contribution in [3.05, 3.63) is 65.7 Å². The molecule has 0 aliphatic carbocycles. The molecule has 1 aliphatic rings. The average molecular weight is 394 g/mol. The summed E-state index contributed by atoms with van der Waals surface area (Å²) >= 11 is 0. The van der Waals surface area contributed by atoms with Crippen LogP contribution in [0.1, 0.15) is 18.1 Å². The van der Waals surface area contributed by atoms with Gasteiger partial charge < -0.3 is 19.7 Å². The van der Waals surface area contributed by atoms with Gasteiger partial charge in [0.05, 0.1) is 13.2 Å². The zero-order chi connectivity index (χ0) is 20.6. The third-order valence-corrected chi connectivity index (χ3v) is 4.66. The first-order valence-electron chi connectivity index (χ1n) is 9.70. The molecule has 1 atom stereocenters. The molecule has 0 aromatic heterocycles. The Balaban J connectivity index is 1.49. The lowest BCUT2D eigenvalue weighted by atomic mass is 10.1. The van der Waals surface area contributed by atoms with Gasteiger partial charge in [0.15, 0.2) is 6.10 Å². The number of nitrogens with one attached hydrogen (secondary N) is 1. The molecule has 0 radical (unpaired) electrons. The van der Waals surface area contributed by atoms with E-state index >= 15 is 0 Å². The molecule has 0 bridgehead atoms. The molecule has 6 heteroatoms. The summed E-state index contributed by atoms with van der Waals surface area (Å²) in [7, 11) is 0. The Morgan fingerprint density at radius 3 is 2.38 bits per heavy atom. The van der Waals surface area contributed by atoms with Crippen LogP contribution in [0, 0.1) is 6.92 Å². The number of carbonyl (C=O) groups excluding carboxylic acids is 2. The van der Waals surface area contributed by atoms with Crippen LogP contribution in [-0.2, 0) is 19.1 Å².